The van der Waals surface area contributed by atoms with Gasteiger partial charge in [-0.05, 0) is 12.1 Å². The second-order valence-electron chi connectivity index (χ2n) is 3.11. The van der Waals surface area contributed by atoms with Gasteiger partial charge < -0.3 is 9.52 Å². The van der Waals surface area contributed by atoms with Crippen LogP contribution in [0.4, 0.5) is 4.39 Å². The van der Waals surface area contributed by atoms with Crippen LogP contribution in [0.2, 0.25) is 0 Å². The molecule has 0 fully saturated rings. The number of aromatic nitrogens is 1. The molecule has 0 saturated heterocycles. The van der Waals surface area contributed by atoms with Gasteiger partial charge >= 0.3 is 0 Å². The summed E-state index contributed by atoms with van der Waals surface area (Å²) in [6, 6.07) is 6.13. The molecule has 0 radical (unpaired) electrons. The number of aliphatic hydroxyl groups is 1. The Kier molecular flexibility index (Phi) is 2.78. The van der Waals surface area contributed by atoms with Crippen LogP contribution in [-0.2, 0) is 6.42 Å². The number of oxazole rings is 1. The zero-order chi connectivity index (χ0) is 10.7. The molecule has 0 bridgehead atoms. The first kappa shape index (κ1) is 9.86. The van der Waals surface area contributed by atoms with Crippen LogP contribution in [-0.4, -0.2) is 16.7 Å². The van der Waals surface area contributed by atoms with E-state index in [4.69, 9.17) is 9.52 Å². The van der Waals surface area contributed by atoms with E-state index < -0.39 is 0 Å². The molecule has 1 heterocycles. The zero-order valence-electron chi connectivity index (χ0n) is 7.98. The highest BCUT2D eigenvalue weighted by Crippen LogP contribution is 2.19. The molecule has 0 saturated carbocycles. The minimum atomic E-state index is -0.306. The molecule has 0 aliphatic heterocycles. The molecule has 3 nitrogen and oxygen atoms in total. The number of rotatable bonds is 3. The monoisotopic (exact) mass is 207 g/mol. The van der Waals surface area contributed by atoms with Gasteiger partial charge in [0, 0.05) is 12.0 Å². The number of hydrogen-bond acceptors (Lipinski definition) is 3. The Morgan fingerprint density at radius 3 is 3.00 bits per heavy atom. The molecule has 0 atom stereocenters. The van der Waals surface area contributed by atoms with Gasteiger partial charge in [-0.25, -0.2) is 9.37 Å². The third kappa shape index (κ3) is 2.22. The van der Waals surface area contributed by atoms with Crippen molar-refractivity contribution in [3.63, 3.8) is 0 Å². The van der Waals surface area contributed by atoms with E-state index in [1.54, 1.807) is 12.1 Å². The third-order valence-corrected chi connectivity index (χ3v) is 2.00. The Morgan fingerprint density at radius 1 is 1.40 bits per heavy atom. The lowest BCUT2D eigenvalue weighted by atomic mass is 10.2. The van der Waals surface area contributed by atoms with E-state index in [9.17, 15) is 4.39 Å². The molecule has 0 aliphatic carbocycles. The smallest absolute Gasteiger partial charge is 0.196 e. The topological polar surface area (TPSA) is 46.3 Å². The van der Waals surface area contributed by atoms with Crippen molar-refractivity contribution >= 4 is 0 Å². The highest BCUT2D eigenvalue weighted by atomic mass is 19.1. The van der Waals surface area contributed by atoms with Crippen LogP contribution in [0.3, 0.4) is 0 Å². The van der Waals surface area contributed by atoms with Gasteiger partial charge in [-0.3, -0.25) is 0 Å². The number of halogens is 1. The van der Waals surface area contributed by atoms with Crippen LogP contribution >= 0.6 is 0 Å². The minimum Gasteiger partial charge on any atom is -0.448 e. The summed E-state index contributed by atoms with van der Waals surface area (Å²) in [4.78, 5) is 4.12. The largest absolute Gasteiger partial charge is 0.448 e. The fraction of sp³-hybridized carbons (Fsp3) is 0.182. The highest BCUT2D eigenvalue weighted by Gasteiger charge is 2.06. The molecule has 1 N–H and O–H groups in total. The molecule has 0 aliphatic rings. The summed E-state index contributed by atoms with van der Waals surface area (Å²) in [7, 11) is 0. The summed E-state index contributed by atoms with van der Waals surface area (Å²) in [5.74, 6) is 0.149. The normalized spacial score (nSPS) is 10.5. The van der Waals surface area contributed by atoms with Gasteiger partial charge in [0.05, 0.1) is 6.61 Å². The van der Waals surface area contributed by atoms with E-state index >= 15 is 0 Å². The van der Waals surface area contributed by atoms with Crippen molar-refractivity contribution in [3.05, 3.63) is 42.2 Å². The van der Waals surface area contributed by atoms with Crippen molar-refractivity contribution in [2.24, 2.45) is 0 Å². The summed E-state index contributed by atoms with van der Waals surface area (Å²) < 4.78 is 18.0. The van der Waals surface area contributed by atoms with E-state index in [0.717, 1.165) is 0 Å². The van der Waals surface area contributed by atoms with Crippen molar-refractivity contribution < 1.29 is 13.9 Å². The first-order valence-corrected chi connectivity index (χ1v) is 4.61. The van der Waals surface area contributed by atoms with Crippen LogP contribution in [0.15, 0.2) is 34.9 Å². The van der Waals surface area contributed by atoms with E-state index in [-0.39, 0.29) is 12.4 Å². The molecule has 2 rings (SSSR count). The van der Waals surface area contributed by atoms with Gasteiger partial charge in [-0.1, -0.05) is 12.1 Å². The Morgan fingerprint density at radius 2 is 2.27 bits per heavy atom. The van der Waals surface area contributed by atoms with E-state index in [2.05, 4.69) is 4.98 Å². The summed E-state index contributed by atoms with van der Waals surface area (Å²) >= 11 is 0. The minimum absolute atomic E-state index is 0.0108. The van der Waals surface area contributed by atoms with Gasteiger partial charge in [0.1, 0.15) is 17.8 Å². The molecule has 0 unspecified atom stereocenters. The molecular formula is C11H10FNO2. The molecule has 4 heteroatoms. The third-order valence-electron chi connectivity index (χ3n) is 2.00. The quantitative estimate of drug-likeness (QED) is 0.837. The Bertz CT molecular complexity index is 453. The van der Waals surface area contributed by atoms with Crippen molar-refractivity contribution in [1.82, 2.24) is 4.98 Å². The predicted octanol–water partition coefficient (Wildman–Crippen LogP) is 2.02. The first-order chi connectivity index (χ1) is 7.29. The average Bonchev–Trinajstić information content (AvgIpc) is 2.67. The van der Waals surface area contributed by atoms with Crippen molar-refractivity contribution in [2.45, 2.75) is 6.42 Å². The number of aliphatic hydroxyl groups excluding tert-OH is 1. The fourth-order valence-electron chi connectivity index (χ4n) is 1.30. The lowest BCUT2D eigenvalue weighted by Crippen LogP contribution is -1.90. The van der Waals surface area contributed by atoms with E-state index in [1.165, 1.54) is 18.4 Å². The molecule has 1 aromatic carbocycles. The highest BCUT2D eigenvalue weighted by molar-refractivity contribution is 5.57. The summed E-state index contributed by atoms with van der Waals surface area (Å²) in [6.07, 6.45) is 1.83. The summed E-state index contributed by atoms with van der Waals surface area (Å²) in [5.41, 5.74) is 1.25. The summed E-state index contributed by atoms with van der Waals surface area (Å²) in [6.45, 7) is -0.0108. The molecule has 78 valence electrons. The van der Waals surface area contributed by atoms with Crippen LogP contribution < -0.4 is 0 Å². The lowest BCUT2D eigenvalue weighted by molar-refractivity contribution is 0.285. The van der Waals surface area contributed by atoms with E-state index in [0.29, 0.717) is 23.6 Å². The van der Waals surface area contributed by atoms with Crippen LogP contribution in [0, 0.1) is 5.82 Å². The number of nitrogens with zero attached hydrogens (tertiary/aromatic N) is 1. The second kappa shape index (κ2) is 4.23. The standard InChI is InChI=1S/C11H10FNO2/c12-9-3-1-2-8(6-9)10-7-15-11(13-10)4-5-14/h1-3,6-7,14H,4-5H2. The van der Waals surface area contributed by atoms with Crippen LogP contribution in [0.25, 0.3) is 11.3 Å². The van der Waals surface area contributed by atoms with Crippen LogP contribution in [0.1, 0.15) is 5.89 Å². The van der Waals surface area contributed by atoms with Crippen LogP contribution in [0.5, 0.6) is 0 Å². The van der Waals surface area contributed by atoms with Gasteiger partial charge in [0.15, 0.2) is 5.89 Å². The molecular weight excluding hydrogens is 197 g/mol. The molecule has 2 aromatic rings. The maximum absolute atomic E-state index is 12.9. The Balaban J connectivity index is 2.29. The van der Waals surface area contributed by atoms with Gasteiger partial charge in [-0.15, -0.1) is 0 Å². The summed E-state index contributed by atoms with van der Waals surface area (Å²) in [5, 5.41) is 8.68. The predicted molar refractivity (Wildman–Crippen MR) is 52.7 cm³/mol. The van der Waals surface area contributed by atoms with E-state index in [1.807, 2.05) is 0 Å². The Labute approximate surface area is 86.2 Å². The van der Waals surface area contributed by atoms with Crippen molar-refractivity contribution in [1.29, 1.82) is 0 Å². The van der Waals surface area contributed by atoms with Gasteiger partial charge in [0.2, 0.25) is 0 Å². The first-order valence-electron chi connectivity index (χ1n) is 4.61. The molecule has 0 spiro atoms. The number of benzene rings is 1. The number of hydrogen-bond donors (Lipinski definition) is 1. The zero-order valence-corrected chi connectivity index (χ0v) is 7.98. The molecule has 0 amide bonds. The molecule has 15 heavy (non-hydrogen) atoms. The van der Waals surface area contributed by atoms with Crippen molar-refractivity contribution in [2.75, 3.05) is 6.61 Å². The second-order valence-corrected chi connectivity index (χ2v) is 3.11. The maximum Gasteiger partial charge on any atom is 0.196 e. The SMILES string of the molecule is OCCc1nc(-c2cccc(F)c2)co1. The average molecular weight is 207 g/mol. The molecule has 1 aromatic heterocycles. The maximum atomic E-state index is 12.9. The van der Waals surface area contributed by atoms with Gasteiger partial charge in [-0.2, -0.15) is 0 Å². The Hall–Kier alpha value is -1.68. The van der Waals surface area contributed by atoms with Gasteiger partial charge in [0.25, 0.3) is 0 Å². The lowest BCUT2D eigenvalue weighted by Gasteiger charge is -1.94. The van der Waals surface area contributed by atoms with Crippen molar-refractivity contribution in [3.8, 4) is 11.3 Å². The fourth-order valence-corrected chi connectivity index (χ4v) is 1.30.